The Morgan fingerprint density at radius 2 is 1.93 bits per heavy atom. The number of nitrogens with zero attached hydrogens (tertiary/aromatic N) is 2. The minimum absolute atomic E-state index is 0.00955. The summed E-state index contributed by atoms with van der Waals surface area (Å²) in [5.74, 6) is 1.64. The molecule has 1 amide bonds. The maximum absolute atomic E-state index is 13.0. The lowest BCUT2D eigenvalue weighted by Crippen LogP contribution is -2.49. The van der Waals surface area contributed by atoms with Crippen molar-refractivity contribution in [3.8, 4) is 11.5 Å². The summed E-state index contributed by atoms with van der Waals surface area (Å²) in [6, 6.07) is 15.7. The molecular formula is C21H20N2O3S. The van der Waals surface area contributed by atoms with Gasteiger partial charge in [-0.05, 0) is 37.1 Å². The van der Waals surface area contributed by atoms with Crippen LogP contribution < -0.4 is 9.47 Å². The van der Waals surface area contributed by atoms with Crippen LogP contribution in [-0.2, 0) is 4.79 Å². The van der Waals surface area contributed by atoms with E-state index in [4.69, 9.17) is 14.5 Å². The third-order valence-electron chi connectivity index (χ3n) is 5.18. The molecule has 6 heteroatoms. The molecular weight excluding hydrogens is 360 g/mol. The summed E-state index contributed by atoms with van der Waals surface area (Å²) in [5, 5.41) is 1.12. The fourth-order valence-corrected chi connectivity index (χ4v) is 4.88. The van der Waals surface area contributed by atoms with Crippen molar-refractivity contribution in [2.45, 2.75) is 24.9 Å². The third kappa shape index (κ3) is 3.14. The van der Waals surface area contributed by atoms with E-state index in [1.165, 1.54) is 4.70 Å². The molecule has 3 heterocycles. The zero-order valence-corrected chi connectivity index (χ0v) is 15.7. The van der Waals surface area contributed by atoms with Crippen LogP contribution in [-0.4, -0.2) is 41.6 Å². The van der Waals surface area contributed by atoms with Gasteiger partial charge < -0.3 is 14.4 Å². The lowest BCUT2D eigenvalue weighted by molar-refractivity contribution is -0.142. The van der Waals surface area contributed by atoms with Gasteiger partial charge in [-0.3, -0.25) is 4.79 Å². The first-order valence-corrected chi connectivity index (χ1v) is 10.1. The number of rotatable bonds is 2. The van der Waals surface area contributed by atoms with Crippen LogP contribution in [0.25, 0.3) is 10.2 Å². The van der Waals surface area contributed by atoms with E-state index in [0.29, 0.717) is 18.0 Å². The minimum Gasteiger partial charge on any atom is -0.485 e. The Morgan fingerprint density at radius 1 is 1.11 bits per heavy atom. The molecule has 5 nitrogen and oxygen atoms in total. The van der Waals surface area contributed by atoms with Gasteiger partial charge in [0.15, 0.2) is 11.5 Å². The van der Waals surface area contributed by atoms with Gasteiger partial charge in [0.1, 0.15) is 6.61 Å². The van der Waals surface area contributed by atoms with E-state index in [1.54, 1.807) is 11.3 Å². The SMILES string of the molecule is O=C(C1COc2ccccc2O1)N1CCCC(c2nc3ccccc3s2)C1. The van der Waals surface area contributed by atoms with Crippen molar-refractivity contribution in [2.75, 3.05) is 19.7 Å². The molecule has 0 spiro atoms. The smallest absolute Gasteiger partial charge is 0.267 e. The quantitative estimate of drug-likeness (QED) is 0.678. The third-order valence-corrected chi connectivity index (χ3v) is 6.38. The first-order chi connectivity index (χ1) is 13.3. The molecule has 0 radical (unpaired) electrons. The molecule has 1 fully saturated rings. The lowest BCUT2D eigenvalue weighted by Gasteiger charge is -2.35. The Kier molecular flexibility index (Phi) is 4.20. The molecule has 0 N–H and O–H groups in total. The van der Waals surface area contributed by atoms with Gasteiger partial charge in [0.05, 0.1) is 15.2 Å². The summed E-state index contributed by atoms with van der Waals surface area (Å²) in [6.07, 6.45) is 1.47. The van der Waals surface area contributed by atoms with Crippen molar-refractivity contribution in [3.63, 3.8) is 0 Å². The number of hydrogen-bond donors (Lipinski definition) is 0. The monoisotopic (exact) mass is 380 g/mol. The fraction of sp³-hybridized carbons (Fsp3) is 0.333. The number of carbonyl (C=O) groups is 1. The normalized spacial score (nSPS) is 22.0. The van der Waals surface area contributed by atoms with Gasteiger partial charge in [-0.2, -0.15) is 0 Å². The summed E-state index contributed by atoms with van der Waals surface area (Å²) in [6.45, 7) is 1.72. The number of likely N-dealkylation sites (tertiary alicyclic amines) is 1. The topological polar surface area (TPSA) is 51.7 Å². The van der Waals surface area contributed by atoms with Crippen LogP contribution in [0.2, 0.25) is 0 Å². The maximum atomic E-state index is 13.0. The highest BCUT2D eigenvalue weighted by Crippen LogP contribution is 2.34. The number of piperidine rings is 1. The Bertz CT molecular complexity index is 953. The molecule has 3 aromatic rings. The summed E-state index contributed by atoms with van der Waals surface area (Å²) < 4.78 is 12.8. The van der Waals surface area contributed by atoms with E-state index in [0.717, 1.165) is 29.9 Å². The molecule has 27 heavy (non-hydrogen) atoms. The van der Waals surface area contributed by atoms with Gasteiger partial charge >= 0.3 is 0 Å². The summed E-state index contributed by atoms with van der Waals surface area (Å²) >= 11 is 1.74. The fourth-order valence-electron chi connectivity index (χ4n) is 3.79. The van der Waals surface area contributed by atoms with Gasteiger partial charge in [0.2, 0.25) is 6.10 Å². The first kappa shape index (κ1) is 16.6. The van der Waals surface area contributed by atoms with E-state index in [9.17, 15) is 4.79 Å². The molecule has 1 aromatic heterocycles. The van der Waals surface area contributed by atoms with Crippen LogP contribution in [0.3, 0.4) is 0 Å². The van der Waals surface area contributed by atoms with Gasteiger partial charge in [0, 0.05) is 19.0 Å². The Labute approximate surface area is 161 Å². The number of carbonyl (C=O) groups excluding carboxylic acids is 1. The molecule has 2 aromatic carbocycles. The lowest BCUT2D eigenvalue weighted by atomic mass is 9.98. The van der Waals surface area contributed by atoms with Gasteiger partial charge in [-0.25, -0.2) is 4.98 Å². The highest BCUT2D eigenvalue weighted by Gasteiger charge is 2.34. The standard InChI is InChI=1S/C21H20N2O3S/c24-21(18-13-25-16-8-2-3-9-17(16)26-18)23-11-5-6-14(12-23)20-22-15-7-1-4-10-19(15)27-20/h1-4,7-10,14,18H,5-6,11-13H2. The molecule has 0 aliphatic carbocycles. The summed E-state index contributed by atoms with van der Waals surface area (Å²) in [5.41, 5.74) is 1.04. The van der Waals surface area contributed by atoms with Crippen molar-refractivity contribution < 1.29 is 14.3 Å². The van der Waals surface area contributed by atoms with Crippen molar-refractivity contribution in [1.29, 1.82) is 0 Å². The second-order valence-corrected chi connectivity index (χ2v) is 8.07. The van der Waals surface area contributed by atoms with Gasteiger partial charge in [-0.1, -0.05) is 24.3 Å². The minimum atomic E-state index is -0.575. The van der Waals surface area contributed by atoms with Crippen LogP contribution in [0, 0.1) is 0 Å². The maximum Gasteiger partial charge on any atom is 0.267 e. The number of fused-ring (bicyclic) bond motifs is 2. The van der Waals surface area contributed by atoms with E-state index >= 15 is 0 Å². The largest absolute Gasteiger partial charge is 0.485 e. The molecule has 2 unspecified atom stereocenters. The predicted octanol–water partition coefficient (Wildman–Crippen LogP) is 3.84. The number of para-hydroxylation sites is 3. The van der Waals surface area contributed by atoms with Crippen LogP contribution in [0.1, 0.15) is 23.8 Å². The highest BCUT2D eigenvalue weighted by atomic mass is 32.1. The number of aromatic nitrogens is 1. The molecule has 1 saturated heterocycles. The van der Waals surface area contributed by atoms with E-state index < -0.39 is 6.10 Å². The van der Waals surface area contributed by atoms with E-state index in [-0.39, 0.29) is 18.4 Å². The molecule has 2 aliphatic rings. The van der Waals surface area contributed by atoms with Crippen LogP contribution >= 0.6 is 11.3 Å². The highest BCUT2D eigenvalue weighted by molar-refractivity contribution is 7.18. The number of hydrogen-bond acceptors (Lipinski definition) is 5. The average Bonchev–Trinajstić information content (AvgIpc) is 3.17. The Hall–Kier alpha value is -2.60. The van der Waals surface area contributed by atoms with Gasteiger partial charge in [0.25, 0.3) is 5.91 Å². The van der Waals surface area contributed by atoms with Crippen molar-refractivity contribution in [3.05, 3.63) is 53.5 Å². The molecule has 138 valence electrons. The number of amides is 1. The molecule has 5 rings (SSSR count). The van der Waals surface area contributed by atoms with Gasteiger partial charge in [-0.15, -0.1) is 11.3 Å². The van der Waals surface area contributed by atoms with Crippen LogP contribution in [0.15, 0.2) is 48.5 Å². The van der Waals surface area contributed by atoms with Crippen LogP contribution in [0.4, 0.5) is 0 Å². The first-order valence-electron chi connectivity index (χ1n) is 9.31. The zero-order chi connectivity index (χ0) is 18.2. The average molecular weight is 380 g/mol. The van der Waals surface area contributed by atoms with Crippen LogP contribution in [0.5, 0.6) is 11.5 Å². The number of thiazole rings is 1. The molecule has 2 atom stereocenters. The zero-order valence-electron chi connectivity index (χ0n) is 14.8. The Morgan fingerprint density at radius 3 is 2.81 bits per heavy atom. The van der Waals surface area contributed by atoms with Crippen molar-refractivity contribution in [1.82, 2.24) is 9.88 Å². The number of ether oxygens (including phenoxy) is 2. The summed E-state index contributed by atoms with van der Waals surface area (Å²) in [7, 11) is 0. The second-order valence-electron chi connectivity index (χ2n) is 7.01. The summed E-state index contributed by atoms with van der Waals surface area (Å²) in [4.78, 5) is 19.7. The molecule has 0 saturated carbocycles. The number of benzene rings is 2. The molecule has 2 aliphatic heterocycles. The van der Waals surface area contributed by atoms with Crippen molar-refractivity contribution in [2.24, 2.45) is 0 Å². The second kappa shape index (κ2) is 6.85. The van der Waals surface area contributed by atoms with E-state index in [1.807, 2.05) is 47.4 Å². The van der Waals surface area contributed by atoms with E-state index in [2.05, 4.69) is 6.07 Å². The van der Waals surface area contributed by atoms with Crippen molar-refractivity contribution >= 4 is 27.5 Å². The predicted molar refractivity (Wildman–Crippen MR) is 105 cm³/mol. The Balaban J connectivity index is 1.31. The molecule has 0 bridgehead atoms.